The molecule has 0 unspecified atom stereocenters. The summed E-state index contributed by atoms with van der Waals surface area (Å²) in [6.07, 6.45) is 9.89. The molecule has 1 heterocycles. The summed E-state index contributed by atoms with van der Waals surface area (Å²) in [5, 5.41) is 0. The molecule has 1 aliphatic carbocycles. The van der Waals surface area contributed by atoms with E-state index in [1.54, 1.807) is 0 Å². The van der Waals surface area contributed by atoms with Crippen LogP contribution in [0.5, 0.6) is 0 Å². The number of piperidine rings is 1. The van der Waals surface area contributed by atoms with Crippen LogP contribution in [-0.2, 0) is 24.2 Å². The van der Waals surface area contributed by atoms with Gasteiger partial charge >= 0.3 is 0 Å². The molecule has 29 heavy (non-hydrogen) atoms. The third-order valence-corrected chi connectivity index (χ3v) is 6.93. The van der Waals surface area contributed by atoms with Crippen LogP contribution < -0.4 is 5.73 Å². The number of amides is 1. The maximum Gasteiger partial charge on any atom is 0.221 e. The smallest absolute Gasteiger partial charge is 0.221 e. The van der Waals surface area contributed by atoms with Gasteiger partial charge in [-0.1, -0.05) is 67.4 Å². The number of aryl methyl sites for hydroxylation is 1. The molecule has 0 radical (unpaired) electrons. The van der Waals surface area contributed by atoms with Crippen LogP contribution in [0.3, 0.4) is 0 Å². The number of likely N-dealkylation sites (tertiary alicyclic amines) is 1. The Labute approximate surface area is 175 Å². The van der Waals surface area contributed by atoms with Crippen molar-refractivity contribution in [2.75, 3.05) is 13.1 Å². The van der Waals surface area contributed by atoms with Gasteiger partial charge in [-0.3, -0.25) is 9.69 Å². The van der Waals surface area contributed by atoms with Gasteiger partial charge in [-0.2, -0.15) is 0 Å². The summed E-state index contributed by atoms with van der Waals surface area (Å²) in [6.45, 7) is 3.41. The van der Waals surface area contributed by atoms with Crippen LogP contribution in [0, 0.1) is 11.3 Å². The lowest BCUT2D eigenvalue weighted by molar-refractivity contribution is -0.117. The van der Waals surface area contributed by atoms with Crippen LogP contribution in [0.25, 0.3) is 0 Å². The van der Waals surface area contributed by atoms with Crippen LogP contribution in [-0.4, -0.2) is 23.9 Å². The fourth-order valence-corrected chi connectivity index (χ4v) is 4.95. The molecular weight excluding hydrogens is 356 g/mol. The van der Waals surface area contributed by atoms with E-state index < -0.39 is 0 Å². The second-order valence-corrected chi connectivity index (χ2v) is 9.37. The van der Waals surface area contributed by atoms with Crippen molar-refractivity contribution < 1.29 is 4.79 Å². The molecule has 0 bridgehead atoms. The first-order valence-corrected chi connectivity index (χ1v) is 11.2. The molecule has 2 fully saturated rings. The van der Waals surface area contributed by atoms with Crippen molar-refractivity contribution in [1.82, 2.24) is 4.90 Å². The lowest BCUT2D eigenvalue weighted by Crippen LogP contribution is -2.40. The minimum atomic E-state index is -0.267. The first kappa shape index (κ1) is 20.2. The van der Waals surface area contributed by atoms with Crippen LogP contribution in [0.4, 0.5) is 0 Å². The monoisotopic (exact) mass is 390 g/mol. The Kier molecular flexibility index (Phi) is 6.34. The third kappa shape index (κ3) is 5.93. The predicted octanol–water partition coefficient (Wildman–Crippen LogP) is 4.73. The van der Waals surface area contributed by atoms with Gasteiger partial charge < -0.3 is 5.73 Å². The minimum absolute atomic E-state index is 0.267. The molecule has 2 N–H and O–H groups in total. The maximum absolute atomic E-state index is 11.1. The van der Waals surface area contributed by atoms with E-state index in [2.05, 4.69) is 47.4 Å². The molecule has 0 atom stereocenters. The summed E-state index contributed by atoms with van der Waals surface area (Å²) < 4.78 is 0. The van der Waals surface area contributed by atoms with E-state index in [1.165, 1.54) is 69.2 Å². The second kappa shape index (κ2) is 9.13. The van der Waals surface area contributed by atoms with Gasteiger partial charge in [-0.25, -0.2) is 0 Å². The topological polar surface area (TPSA) is 46.3 Å². The Bertz CT molecular complexity index is 787. The van der Waals surface area contributed by atoms with Gasteiger partial charge in [-0.05, 0) is 73.2 Å². The van der Waals surface area contributed by atoms with E-state index in [0.717, 1.165) is 18.0 Å². The van der Waals surface area contributed by atoms with E-state index in [-0.39, 0.29) is 5.91 Å². The highest BCUT2D eigenvalue weighted by Gasteiger charge is 2.39. The zero-order chi connectivity index (χ0) is 20.1. The number of carbonyl (C=O) groups excluding carboxylic acids is 1. The number of primary amides is 1. The SMILES string of the molecule is NC(=O)Cc1ccc(CN2CCC(CCc3ccccc3)(CC3CC3)CC2)cc1. The van der Waals surface area contributed by atoms with Gasteiger partial charge in [-0.15, -0.1) is 0 Å². The molecule has 1 aliphatic heterocycles. The van der Waals surface area contributed by atoms with Crippen molar-refractivity contribution in [3.63, 3.8) is 0 Å². The number of hydrogen-bond acceptors (Lipinski definition) is 2. The fraction of sp³-hybridized carbons (Fsp3) is 0.500. The molecule has 0 aromatic heterocycles. The fourth-order valence-electron chi connectivity index (χ4n) is 4.95. The first-order chi connectivity index (χ1) is 14.1. The van der Waals surface area contributed by atoms with Gasteiger partial charge in [0.15, 0.2) is 0 Å². The van der Waals surface area contributed by atoms with Crippen molar-refractivity contribution in [3.8, 4) is 0 Å². The number of carbonyl (C=O) groups is 1. The molecule has 2 aliphatic rings. The lowest BCUT2D eigenvalue weighted by Gasteiger charge is -2.42. The Hall–Kier alpha value is -2.13. The van der Waals surface area contributed by atoms with Crippen LogP contribution in [0.1, 0.15) is 55.2 Å². The summed E-state index contributed by atoms with van der Waals surface area (Å²) in [7, 11) is 0. The number of nitrogens with two attached hydrogens (primary N) is 1. The molecule has 1 saturated carbocycles. The molecule has 1 saturated heterocycles. The molecule has 2 aromatic rings. The first-order valence-electron chi connectivity index (χ1n) is 11.2. The highest BCUT2D eigenvalue weighted by molar-refractivity contribution is 5.76. The molecule has 0 spiro atoms. The largest absolute Gasteiger partial charge is 0.369 e. The van der Waals surface area contributed by atoms with Crippen LogP contribution in [0.15, 0.2) is 54.6 Å². The Morgan fingerprint density at radius 1 is 0.931 bits per heavy atom. The van der Waals surface area contributed by atoms with Gasteiger partial charge in [0.05, 0.1) is 6.42 Å². The van der Waals surface area contributed by atoms with Crippen LogP contribution >= 0.6 is 0 Å². The summed E-state index contributed by atoms with van der Waals surface area (Å²) in [5.41, 5.74) is 9.65. The summed E-state index contributed by atoms with van der Waals surface area (Å²) in [4.78, 5) is 13.7. The maximum atomic E-state index is 11.1. The molecule has 1 amide bonds. The van der Waals surface area contributed by atoms with Crippen molar-refractivity contribution in [3.05, 3.63) is 71.3 Å². The Balaban J connectivity index is 1.32. The quantitative estimate of drug-likeness (QED) is 0.673. The van der Waals surface area contributed by atoms with E-state index in [1.807, 2.05) is 12.1 Å². The number of nitrogens with zero attached hydrogens (tertiary/aromatic N) is 1. The Morgan fingerprint density at radius 2 is 1.59 bits per heavy atom. The number of hydrogen-bond donors (Lipinski definition) is 1. The molecule has 154 valence electrons. The van der Waals surface area contributed by atoms with Crippen molar-refractivity contribution in [2.24, 2.45) is 17.1 Å². The predicted molar refractivity (Wildman–Crippen MR) is 118 cm³/mol. The van der Waals surface area contributed by atoms with Crippen molar-refractivity contribution in [2.45, 2.75) is 57.9 Å². The van der Waals surface area contributed by atoms with Gasteiger partial charge in [0.25, 0.3) is 0 Å². The summed E-state index contributed by atoms with van der Waals surface area (Å²) >= 11 is 0. The third-order valence-electron chi connectivity index (χ3n) is 6.93. The van der Waals surface area contributed by atoms with Gasteiger partial charge in [0.1, 0.15) is 0 Å². The summed E-state index contributed by atoms with van der Waals surface area (Å²) in [6, 6.07) is 19.4. The average molecular weight is 391 g/mol. The highest BCUT2D eigenvalue weighted by Crippen LogP contribution is 2.48. The molecule has 3 nitrogen and oxygen atoms in total. The zero-order valence-corrected chi connectivity index (χ0v) is 17.5. The lowest BCUT2D eigenvalue weighted by atomic mass is 9.70. The van der Waals surface area contributed by atoms with Gasteiger partial charge in [0, 0.05) is 6.54 Å². The average Bonchev–Trinajstić information content (AvgIpc) is 3.54. The number of rotatable bonds is 9. The molecule has 3 heteroatoms. The van der Waals surface area contributed by atoms with Gasteiger partial charge in [0.2, 0.25) is 5.91 Å². The molecule has 4 rings (SSSR count). The van der Waals surface area contributed by atoms with E-state index in [4.69, 9.17) is 5.73 Å². The zero-order valence-electron chi connectivity index (χ0n) is 17.5. The summed E-state index contributed by atoms with van der Waals surface area (Å²) in [5.74, 6) is 0.728. The molecule has 2 aromatic carbocycles. The molecular formula is C26H34N2O. The van der Waals surface area contributed by atoms with Crippen molar-refractivity contribution >= 4 is 5.91 Å². The second-order valence-electron chi connectivity index (χ2n) is 9.37. The van der Waals surface area contributed by atoms with E-state index >= 15 is 0 Å². The van der Waals surface area contributed by atoms with E-state index in [0.29, 0.717) is 11.8 Å². The highest BCUT2D eigenvalue weighted by atomic mass is 16.1. The van der Waals surface area contributed by atoms with E-state index in [9.17, 15) is 4.79 Å². The standard InChI is InChI=1S/C26H34N2O/c27-25(29)18-22-6-10-24(11-7-22)20-28-16-14-26(15-17-28,19-23-8-9-23)13-12-21-4-2-1-3-5-21/h1-7,10-11,23H,8-9,12-20H2,(H2,27,29). The van der Waals surface area contributed by atoms with Crippen molar-refractivity contribution in [1.29, 1.82) is 0 Å². The Morgan fingerprint density at radius 3 is 2.21 bits per heavy atom. The normalized spacial score (nSPS) is 19.2. The van der Waals surface area contributed by atoms with Crippen LogP contribution in [0.2, 0.25) is 0 Å². The minimum Gasteiger partial charge on any atom is -0.369 e. The number of benzene rings is 2.